The molecule has 2 aromatic carbocycles. The van der Waals surface area contributed by atoms with Crippen LogP contribution in [0.25, 0.3) is 0 Å². The number of ether oxygens (including phenoxy) is 1. The molecule has 2 N–H and O–H groups in total. The lowest BCUT2D eigenvalue weighted by Crippen LogP contribution is -2.54. The summed E-state index contributed by atoms with van der Waals surface area (Å²) in [5.41, 5.74) is 0.429. The van der Waals surface area contributed by atoms with Crippen molar-refractivity contribution in [1.82, 2.24) is 5.32 Å². The van der Waals surface area contributed by atoms with Crippen LogP contribution in [0.3, 0.4) is 0 Å². The number of para-hydroxylation sites is 1. The van der Waals surface area contributed by atoms with E-state index in [2.05, 4.69) is 10.6 Å². The normalized spacial score (nSPS) is 28.3. The minimum Gasteiger partial charge on any atom is -0.427 e. The standard InChI is InChI=1S/C24H23N3O5/c1-12(2)20-18-19(24(26-20)16-6-4-5-7-17(16)25-23(24)31)22(30)27(21(18)29)14-8-10-15(11-9-14)32-13(3)28/h4-12,18-20,26H,1-3H3,(H,25,31)/t18-,19+,20-,24+/m1/s1. The summed E-state index contributed by atoms with van der Waals surface area (Å²) >= 11 is 0. The molecule has 0 aliphatic carbocycles. The van der Waals surface area contributed by atoms with Gasteiger partial charge in [-0.25, -0.2) is 4.90 Å². The van der Waals surface area contributed by atoms with E-state index in [1.54, 1.807) is 18.2 Å². The molecule has 32 heavy (non-hydrogen) atoms. The molecule has 3 aliphatic heterocycles. The fourth-order valence-corrected chi connectivity index (χ4v) is 5.35. The molecule has 3 amide bonds. The van der Waals surface area contributed by atoms with Crippen LogP contribution in [-0.4, -0.2) is 29.7 Å². The molecule has 0 radical (unpaired) electrons. The van der Waals surface area contributed by atoms with Crippen LogP contribution in [0.4, 0.5) is 11.4 Å². The van der Waals surface area contributed by atoms with Crippen LogP contribution in [0.2, 0.25) is 0 Å². The first-order valence-electron chi connectivity index (χ1n) is 10.6. The van der Waals surface area contributed by atoms with Crippen molar-refractivity contribution in [3.05, 3.63) is 54.1 Å². The molecule has 3 aliphatic rings. The number of hydrogen-bond acceptors (Lipinski definition) is 6. The van der Waals surface area contributed by atoms with Crippen LogP contribution in [0.5, 0.6) is 5.75 Å². The summed E-state index contributed by atoms with van der Waals surface area (Å²) in [5.74, 6) is -2.72. The molecule has 8 nitrogen and oxygen atoms in total. The largest absolute Gasteiger partial charge is 0.427 e. The molecule has 0 unspecified atom stereocenters. The quantitative estimate of drug-likeness (QED) is 0.437. The number of imide groups is 1. The van der Waals surface area contributed by atoms with Gasteiger partial charge >= 0.3 is 5.97 Å². The lowest BCUT2D eigenvalue weighted by molar-refractivity contribution is -0.132. The van der Waals surface area contributed by atoms with Gasteiger partial charge in [0, 0.05) is 24.2 Å². The molecule has 0 saturated carbocycles. The molecule has 2 fully saturated rings. The molecule has 1 spiro atoms. The fraction of sp³-hybridized carbons (Fsp3) is 0.333. The summed E-state index contributed by atoms with van der Waals surface area (Å²) in [4.78, 5) is 53.0. The monoisotopic (exact) mass is 433 g/mol. The Hall–Kier alpha value is -3.52. The predicted octanol–water partition coefficient (Wildman–Crippen LogP) is 2.19. The van der Waals surface area contributed by atoms with E-state index in [-0.39, 0.29) is 23.8 Å². The van der Waals surface area contributed by atoms with Gasteiger partial charge < -0.3 is 10.1 Å². The zero-order valence-electron chi connectivity index (χ0n) is 17.9. The number of benzene rings is 2. The van der Waals surface area contributed by atoms with Crippen molar-refractivity contribution in [3.8, 4) is 5.75 Å². The molecule has 5 rings (SSSR count). The molecular formula is C24H23N3O5. The van der Waals surface area contributed by atoms with Crippen molar-refractivity contribution in [2.75, 3.05) is 10.2 Å². The van der Waals surface area contributed by atoms with Gasteiger partial charge in [0.2, 0.25) is 17.7 Å². The van der Waals surface area contributed by atoms with Gasteiger partial charge in [0.15, 0.2) is 0 Å². The molecule has 0 bridgehead atoms. The number of esters is 1. The average Bonchev–Trinajstić information content (AvgIpc) is 3.34. The third-order valence-electron chi connectivity index (χ3n) is 6.63. The number of amides is 3. The van der Waals surface area contributed by atoms with Gasteiger partial charge in [0.05, 0.1) is 17.5 Å². The van der Waals surface area contributed by atoms with Gasteiger partial charge in [0.25, 0.3) is 0 Å². The summed E-state index contributed by atoms with van der Waals surface area (Å²) < 4.78 is 5.05. The van der Waals surface area contributed by atoms with Crippen LogP contribution >= 0.6 is 0 Å². The lowest BCUT2D eigenvalue weighted by atomic mass is 9.76. The van der Waals surface area contributed by atoms with Crippen molar-refractivity contribution >= 4 is 35.1 Å². The first-order chi connectivity index (χ1) is 15.3. The van der Waals surface area contributed by atoms with Crippen molar-refractivity contribution in [3.63, 3.8) is 0 Å². The molecule has 2 aromatic rings. The number of rotatable bonds is 3. The summed E-state index contributed by atoms with van der Waals surface area (Å²) in [7, 11) is 0. The number of anilines is 2. The summed E-state index contributed by atoms with van der Waals surface area (Å²) in [6, 6.07) is 13.1. The Morgan fingerprint density at radius 2 is 1.72 bits per heavy atom. The van der Waals surface area contributed by atoms with Crippen molar-refractivity contribution in [2.24, 2.45) is 17.8 Å². The van der Waals surface area contributed by atoms with Crippen molar-refractivity contribution in [1.29, 1.82) is 0 Å². The Bertz CT molecular complexity index is 1160. The third kappa shape index (κ3) is 2.65. The Balaban J connectivity index is 1.60. The van der Waals surface area contributed by atoms with Gasteiger partial charge in [0.1, 0.15) is 11.3 Å². The highest BCUT2D eigenvalue weighted by atomic mass is 16.5. The van der Waals surface area contributed by atoms with Crippen LogP contribution in [-0.2, 0) is 24.7 Å². The van der Waals surface area contributed by atoms with E-state index in [1.165, 1.54) is 24.0 Å². The van der Waals surface area contributed by atoms with Gasteiger partial charge in [-0.2, -0.15) is 0 Å². The molecule has 164 valence electrons. The van der Waals surface area contributed by atoms with Crippen LogP contribution in [0.15, 0.2) is 48.5 Å². The van der Waals surface area contributed by atoms with Crippen LogP contribution < -0.4 is 20.3 Å². The van der Waals surface area contributed by atoms with E-state index in [4.69, 9.17) is 4.74 Å². The molecule has 2 saturated heterocycles. The molecule has 8 heteroatoms. The Morgan fingerprint density at radius 3 is 2.38 bits per heavy atom. The third-order valence-corrected chi connectivity index (χ3v) is 6.63. The second-order valence-corrected chi connectivity index (χ2v) is 8.82. The molecule has 4 atom stereocenters. The molecular weight excluding hydrogens is 410 g/mol. The Kier molecular flexibility index (Phi) is 4.46. The first kappa shape index (κ1) is 20.4. The zero-order chi connectivity index (χ0) is 22.8. The second kappa shape index (κ2) is 7.00. The van der Waals surface area contributed by atoms with Crippen LogP contribution in [0, 0.1) is 17.8 Å². The van der Waals surface area contributed by atoms with Crippen molar-refractivity contribution in [2.45, 2.75) is 32.4 Å². The average molecular weight is 433 g/mol. The number of carbonyl (C=O) groups excluding carboxylic acids is 4. The van der Waals surface area contributed by atoms with E-state index in [1.807, 2.05) is 32.0 Å². The molecule has 3 heterocycles. The van der Waals surface area contributed by atoms with Crippen LogP contribution in [0.1, 0.15) is 26.3 Å². The Labute approximate surface area is 184 Å². The number of hydrogen-bond donors (Lipinski definition) is 2. The highest BCUT2D eigenvalue weighted by Gasteiger charge is 2.70. The van der Waals surface area contributed by atoms with E-state index >= 15 is 0 Å². The van der Waals surface area contributed by atoms with Gasteiger partial charge in [-0.3, -0.25) is 24.5 Å². The Morgan fingerprint density at radius 1 is 1.03 bits per heavy atom. The topological polar surface area (TPSA) is 105 Å². The number of carbonyl (C=O) groups is 4. The summed E-state index contributed by atoms with van der Waals surface area (Å²) in [5, 5.41) is 6.29. The van der Waals surface area contributed by atoms with E-state index in [0.29, 0.717) is 22.7 Å². The lowest BCUT2D eigenvalue weighted by Gasteiger charge is -2.30. The maximum absolute atomic E-state index is 13.7. The maximum atomic E-state index is 13.7. The second-order valence-electron chi connectivity index (χ2n) is 8.82. The first-order valence-corrected chi connectivity index (χ1v) is 10.6. The van der Waals surface area contributed by atoms with Crippen molar-refractivity contribution < 1.29 is 23.9 Å². The number of nitrogens with one attached hydrogen (secondary N) is 2. The van der Waals surface area contributed by atoms with E-state index in [0.717, 1.165) is 0 Å². The van der Waals surface area contributed by atoms with E-state index in [9.17, 15) is 19.2 Å². The number of nitrogens with zero attached hydrogens (tertiary/aromatic N) is 1. The maximum Gasteiger partial charge on any atom is 0.308 e. The van der Waals surface area contributed by atoms with Gasteiger partial charge in [-0.05, 0) is 36.2 Å². The molecule has 0 aromatic heterocycles. The summed E-state index contributed by atoms with van der Waals surface area (Å²) in [6.45, 7) is 5.24. The fourth-order valence-electron chi connectivity index (χ4n) is 5.35. The predicted molar refractivity (Wildman–Crippen MR) is 116 cm³/mol. The number of fused-ring (bicyclic) bond motifs is 4. The minimum absolute atomic E-state index is 0.0190. The van der Waals surface area contributed by atoms with E-state index < -0.39 is 29.3 Å². The van der Waals surface area contributed by atoms with Gasteiger partial charge in [-0.1, -0.05) is 32.0 Å². The highest BCUT2D eigenvalue weighted by Crippen LogP contribution is 2.54. The SMILES string of the molecule is CC(=O)Oc1ccc(N2C(=O)[C@H]3[C@@H](C(C)C)N[C@]4(C(=O)Nc5ccccc54)[C@@H]3C2=O)cc1. The summed E-state index contributed by atoms with van der Waals surface area (Å²) in [6.07, 6.45) is 0. The minimum atomic E-state index is -1.30. The zero-order valence-corrected chi connectivity index (χ0v) is 17.9. The highest BCUT2D eigenvalue weighted by molar-refractivity contribution is 6.25. The van der Waals surface area contributed by atoms with Gasteiger partial charge in [-0.15, -0.1) is 0 Å². The smallest absolute Gasteiger partial charge is 0.308 e.